The quantitative estimate of drug-likeness (QED) is 0.785. The first-order chi connectivity index (χ1) is 13.6. The Morgan fingerprint density at radius 2 is 1.39 bits per heavy atom. The molecule has 2 aliphatic rings. The fraction of sp³-hybridized carbons (Fsp3) is 0.333. The molecular weight excluding hydrogens is 352 g/mol. The molecule has 0 spiro atoms. The predicted molar refractivity (Wildman–Crippen MR) is 106 cm³/mol. The standard InChI is InChI=1S/C24H24O4/c1-2-28-24(27)22-18-14-13-17(21(22)23(25)26)20(18)19(15-9-5-3-6-10-15)16-11-7-4-8-12-16/h3-12,17-18,21-22H,2,13-14H2,1H3,(H,25,26)/t17-,18+,21+,22+/m1/s1. The summed E-state index contributed by atoms with van der Waals surface area (Å²) in [4.78, 5) is 24.8. The predicted octanol–water partition coefficient (Wildman–Crippen LogP) is 4.41. The fourth-order valence-corrected chi connectivity index (χ4v) is 5.15. The lowest BCUT2D eigenvalue weighted by Crippen LogP contribution is -2.35. The summed E-state index contributed by atoms with van der Waals surface area (Å²) >= 11 is 0. The molecular formula is C24H24O4. The maximum absolute atomic E-state index is 12.7. The minimum Gasteiger partial charge on any atom is -0.481 e. The van der Waals surface area contributed by atoms with Crippen LogP contribution in [0.25, 0.3) is 5.57 Å². The molecule has 2 fully saturated rings. The van der Waals surface area contributed by atoms with Crippen molar-refractivity contribution in [1.82, 2.24) is 0 Å². The highest BCUT2D eigenvalue weighted by atomic mass is 16.5. The van der Waals surface area contributed by atoms with E-state index in [1.807, 2.05) is 36.4 Å². The van der Waals surface area contributed by atoms with Crippen LogP contribution in [0.2, 0.25) is 0 Å². The van der Waals surface area contributed by atoms with Gasteiger partial charge in [-0.2, -0.15) is 0 Å². The third-order valence-electron chi connectivity index (χ3n) is 6.10. The number of hydrogen-bond donors (Lipinski definition) is 1. The van der Waals surface area contributed by atoms with Crippen LogP contribution in [0.3, 0.4) is 0 Å². The van der Waals surface area contributed by atoms with Crippen LogP contribution in [0, 0.1) is 23.7 Å². The van der Waals surface area contributed by atoms with Crippen molar-refractivity contribution in [3.63, 3.8) is 0 Å². The molecule has 4 nitrogen and oxygen atoms in total. The van der Waals surface area contributed by atoms with E-state index in [-0.39, 0.29) is 24.4 Å². The molecule has 0 unspecified atom stereocenters. The second-order valence-electron chi connectivity index (χ2n) is 7.49. The van der Waals surface area contributed by atoms with Gasteiger partial charge in [0.25, 0.3) is 0 Å². The minimum absolute atomic E-state index is 0.0828. The van der Waals surface area contributed by atoms with E-state index >= 15 is 0 Å². The third-order valence-corrected chi connectivity index (χ3v) is 6.10. The Kier molecular flexibility index (Phi) is 5.03. The molecule has 0 heterocycles. The van der Waals surface area contributed by atoms with Gasteiger partial charge in [0.1, 0.15) is 0 Å². The lowest BCUT2D eigenvalue weighted by Gasteiger charge is -2.25. The van der Waals surface area contributed by atoms with E-state index in [0.29, 0.717) is 0 Å². The highest BCUT2D eigenvalue weighted by Gasteiger charge is 2.58. The number of carboxylic acid groups (broad SMARTS) is 1. The third kappa shape index (κ3) is 3.03. The van der Waals surface area contributed by atoms with Crippen molar-refractivity contribution in [2.45, 2.75) is 19.8 Å². The second-order valence-corrected chi connectivity index (χ2v) is 7.49. The fourth-order valence-electron chi connectivity index (χ4n) is 5.15. The Morgan fingerprint density at radius 3 is 1.86 bits per heavy atom. The molecule has 2 aromatic rings. The maximum Gasteiger partial charge on any atom is 0.310 e. The number of aliphatic carboxylic acids is 1. The van der Waals surface area contributed by atoms with E-state index in [1.165, 1.54) is 0 Å². The van der Waals surface area contributed by atoms with Crippen LogP contribution in [0.15, 0.2) is 66.2 Å². The summed E-state index contributed by atoms with van der Waals surface area (Å²) in [7, 11) is 0. The van der Waals surface area contributed by atoms with Crippen molar-refractivity contribution in [1.29, 1.82) is 0 Å². The number of benzene rings is 2. The van der Waals surface area contributed by atoms with Crippen LogP contribution in [-0.2, 0) is 14.3 Å². The average molecular weight is 376 g/mol. The summed E-state index contributed by atoms with van der Waals surface area (Å²) in [5, 5.41) is 9.93. The molecule has 4 heteroatoms. The summed E-state index contributed by atoms with van der Waals surface area (Å²) in [6, 6.07) is 20.2. The summed E-state index contributed by atoms with van der Waals surface area (Å²) in [6.07, 6.45) is 1.63. The van der Waals surface area contributed by atoms with Gasteiger partial charge in [-0.1, -0.05) is 66.2 Å². The van der Waals surface area contributed by atoms with Crippen molar-refractivity contribution < 1.29 is 19.4 Å². The molecule has 4 atom stereocenters. The van der Waals surface area contributed by atoms with Crippen molar-refractivity contribution >= 4 is 17.5 Å². The summed E-state index contributed by atoms with van der Waals surface area (Å²) < 4.78 is 5.27. The number of rotatable bonds is 5. The number of allylic oxidation sites excluding steroid dienone is 1. The van der Waals surface area contributed by atoms with Crippen LogP contribution in [0.5, 0.6) is 0 Å². The zero-order valence-corrected chi connectivity index (χ0v) is 15.9. The molecule has 144 valence electrons. The maximum atomic E-state index is 12.7. The zero-order chi connectivity index (χ0) is 19.7. The van der Waals surface area contributed by atoms with Gasteiger partial charge in [-0.3, -0.25) is 9.59 Å². The Morgan fingerprint density at radius 1 is 0.893 bits per heavy atom. The van der Waals surface area contributed by atoms with Gasteiger partial charge in [0.2, 0.25) is 0 Å². The van der Waals surface area contributed by atoms with Gasteiger partial charge in [-0.25, -0.2) is 0 Å². The van der Waals surface area contributed by atoms with Gasteiger partial charge < -0.3 is 9.84 Å². The van der Waals surface area contributed by atoms with Crippen LogP contribution >= 0.6 is 0 Å². The summed E-state index contributed by atoms with van der Waals surface area (Å²) in [5.74, 6) is -2.81. The van der Waals surface area contributed by atoms with Crippen molar-refractivity contribution in [2.75, 3.05) is 6.61 Å². The topological polar surface area (TPSA) is 63.6 Å². The Balaban J connectivity index is 1.92. The molecule has 2 aliphatic carbocycles. The highest BCUT2D eigenvalue weighted by Crippen LogP contribution is 2.59. The molecule has 28 heavy (non-hydrogen) atoms. The van der Waals surface area contributed by atoms with Gasteiger partial charge in [-0.05, 0) is 48.3 Å². The summed E-state index contributed by atoms with van der Waals surface area (Å²) in [5.41, 5.74) is 4.32. The largest absolute Gasteiger partial charge is 0.481 e. The monoisotopic (exact) mass is 376 g/mol. The number of hydrogen-bond acceptors (Lipinski definition) is 3. The molecule has 0 aliphatic heterocycles. The first-order valence-electron chi connectivity index (χ1n) is 9.87. The first kappa shape index (κ1) is 18.5. The Bertz CT molecular complexity index is 859. The van der Waals surface area contributed by atoms with Gasteiger partial charge in [0.15, 0.2) is 0 Å². The molecule has 2 saturated carbocycles. The number of carbonyl (C=O) groups excluding carboxylic acids is 1. The van der Waals surface area contributed by atoms with Gasteiger partial charge in [0, 0.05) is 0 Å². The number of fused-ring (bicyclic) bond motifs is 2. The SMILES string of the molecule is CCOC(=O)[C@@H]1[C@@H](C(=O)O)[C@@H]2CC[C@H]1C2=C(c1ccccc1)c1ccccc1. The van der Waals surface area contributed by atoms with Crippen LogP contribution in [0.4, 0.5) is 0 Å². The summed E-state index contributed by atoms with van der Waals surface area (Å²) in [6.45, 7) is 2.03. The van der Waals surface area contributed by atoms with E-state index in [0.717, 1.165) is 35.1 Å². The van der Waals surface area contributed by atoms with Crippen molar-refractivity contribution in [3.8, 4) is 0 Å². The van der Waals surface area contributed by atoms with Gasteiger partial charge >= 0.3 is 11.9 Å². The smallest absolute Gasteiger partial charge is 0.310 e. The highest BCUT2D eigenvalue weighted by molar-refractivity contribution is 5.89. The van der Waals surface area contributed by atoms with E-state index in [1.54, 1.807) is 6.92 Å². The molecule has 0 radical (unpaired) electrons. The number of esters is 1. The van der Waals surface area contributed by atoms with Crippen molar-refractivity contribution in [3.05, 3.63) is 77.4 Å². The molecule has 0 saturated heterocycles. The lowest BCUT2D eigenvalue weighted by atomic mass is 9.79. The van der Waals surface area contributed by atoms with Crippen LogP contribution in [0.1, 0.15) is 30.9 Å². The molecule has 2 bridgehead atoms. The number of carboxylic acids is 1. The molecule has 0 aromatic heterocycles. The Hall–Kier alpha value is -2.88. The van der Waals surface area contributed by atoms with Gasteiger partial charge in [-0.15, -0.1) is 0 Å². The van der Waals surface area contributed by atoms with E-state index < -0.39 is 17.8 Å². The number of ether oxygens (including phenoxy) is 1. The van der Waals surface area contributed by atoms with E-state index in [9.17, 15) is 14.7 Å². The zero-order valence-electron chi connectivity index (χ0n) is 15.9. The normalized spacial score (nSPS) is 25.5. The molecule has 4 rings (SSSR count). The number of carbonyl (C=O) groups is 2. The van der Waals surface area contributed by atoms with Crippen LogP contribution < -0.4 is 0 Å². The molecule has 0 amide bonds. The van der Waals surface area contributed by atoms with Gasteiger partial charge in [0.05, 0.1) is 18.4 Å². The first-order valence-corrected chi connectivity index (χ1v) is 9.87. The van der Waals surface area contributed by atoms with Crippen molar-refractivity contribution in [2.24, 2.45) is 23.7 Å². The van der Waals surface area contributed by atoms with Crippen LogP contribution in [-0.4, -0.2) is 23.7 Å². The lowest BCUT2D eigenvalue weighted by molar-refractivity contribution is -0.159. The van der Waals surface area contributed by atoms with E-state index in [2.05, 4.69) is 24.3 Å². The minimum atomic E-state index is -0.900. The molecule has 1 N–H and O–H groups in total. The molecule has 2 aromatic carbocycles. The van der Waals surface area contributed by atoms with E-state index in [4.69, 9.17) is 4.74 Å². The average Bonchev–Trinajstić information content (AvgIpc) is 3.26. The second kappa shape index (κ2) is 7.63. The Labute approximate surface area is 164 Å².